The minimum Gasteiger partial charge on any atom is -0.398 e. The normalized spacial score (nSPS) is 21.2. The average Bonchev–Trinajstić information content (AvgIpc) is 2.76. The Labute approximate surface area is 116 Å². The number of hydrogen-bond acceptors (Lipinski definition) is 5. The van der Waals surface area contributed by atoms with Crippen LogP contribution in [0.15, 0.2) is 15.7 Å². The van der Waals surface area contributed by atoms with Crippen LogP contribution in [-0.4, -0.2) is 37.8 Å². The van der Waals surface area contributed by atoms with E-state index in [1.54, 1.807) is 5.38 Å². The predicted octanol–water partition coefficient (Wildman–Crippen LogP) is 0.620. The van der Waals surface area contributed by atoms with Crippen LogP contribution < -0.4 is 11.1 Å². The summed E-state index contributed by atoms with van der Waals surface area (Å²) in [6.07, 6.45) is 1.54. The van der Waals surface area contributed by atoms with Crippen LogP contribution in [0, 0.1) is 0 Å². The summed E-state index contributed by atoms with van der Waals surface area (Å²) in [6.45, 7) is 2.24. The third kappa shape index (κ3) is 3.26. The molecule has 0 bridgehead atoms. The lowest BCUT2D eigenvalue weighted by atomic mass is 10.1. The molecule has 1 aliphatic rings. The zero-order valence-electron chi connectivity index (χ0n) is 10.6. The largest absolute Gasteiger partial charge is 0.398 e. The van der Waals surface area contributed by atoms with Gasteiger partial charge in [-0.3, -0.25) is 4.79 Å². The molecule has 1 fully saturated rings. The van der Waals surface area contributed by atoms with Crippen molar-refractivity contribution < 1.29 is 13.2 Å². The Kier molecular flexibility index (Phi) is 4.12. The molecule has 2 rings (SSSR count). The minimum absolute atomic E-state index is 0.113. The molecule has 1 saturated heterocycles. The van der Waals surface area contributed by atoms with E-state index in [0.29, 0.717) is 18.8 Å². The number of carbonyl (C=O) groups excluding carboxylic acids is 1. The van der Waals surface area contributed by atoms with Crippen molar-refractivity contribution in [2.45, 2.75) is 30.0 Å². The monoisotopic (exact) mass is 303 g/mol. The second kappa shape index (κ2) is 5.48. The van der Waals surface area contributed by atoms with E-state index in [2.05, 4.69) is 5.32 Å². The van der Waals surface area contributed by atoms with Crippen LogP contribution in [0.3, 0.4) is 0 Å². The second-order valence-corrected chi connectivity index (χ2v) is 7.68. The Hall–Kier alpha value is -1.12. The molecule has 0 spiro atoms. The Morgan fingerprint density at radius 1 is 1.58 bits per heavy atom. The van der Waals surface area contributed by atoms with Crippen LogP contribution >= 0.6 is 11.3 Å². The maximum absolute atomic E-state index is 12.4. The second-order valence-electron chi connectivity index (χ2n) is 4.60. The number of carbonyl (C=O) groups is 1. The number of nitrogens with one attached hydrogen (secondary N) is 1. The Balaban J connectivity index is 2.14. The standard InChI is InChI=1S/C11H17N3O3S2/c1-8(15)13-10-3-2-4-14(6-10)19(16,17)11-5-9(12)7-18-11/h5,7,10H,2-4,6,12H2,1H3,(H,13,15). The molecule has 1 atom stereocenters. The molecule has 0 aliphatic carbocycles. The summed E-state index contributed by atoms with van der Waals surface area (Å²) in [6, 6.07) is 1.36. The maximum atomic E-state index is 12.4. The van der Waals surface area contributed by atoms with Gasteiger partial charge in [0.1, 0.15) is 4.21 Å². The molecular formula is C11H17N3O3S2. The molecule has 0 aromatic carbocycles. The topological polar surface area (TPSA) is 92.5 Å². The number of anilines is 1. The zero-order chi connectivity index (χ0) is 14.0. The number of nitrogens with two attached hydrogens (primary N) is 1. The molecule has 2 heterocycles. The Morgan fingerprint density at radius 2 is 2.32 bits per heavy atom. The van der Waals surface area contributed by atoms with E-state index < -0.39 is 10.0 Å². The van der Waals surface area contributed by atoms with Crippen LogP contribution in [0.2, 0.25) is 0 Å². The third-order valence-corrected chi connectivity index (χ3v) is 6.28. The average molecular weight is 303 g/mol. The number of hydrogen-bond donors (Lipinski definition) is 2. The van der Waals surface area contributed by atoms with Crippen LogP contribution in [0.25, 0.3) is 0 Å². The molecule has 0 radical (unpaired) electrons. The van der Waals surface area contributed by atoms with E-state index in [4.69, 9.17) is 5.73 Å². The first-order chi connectivity index (χ1) is 8.89. The maximum Gasteiger partial charge on any atom is 0.252 e. The van der Waals surface area contributed by atoms with Gasteiger partial charge < -0.3 is 11.1 Å². The van der Waals surface area contributed by atoms with E-state index >= 15 is 0 Å². The van der Waals surface area contributed by atoms with Crippen molar-refractivity contribution in [3.8, 4) is 0 Å². The van der Waals surface area contributed by atoms with Crippen molar-refractivity contribution >= 4 is 33.0 Å². The Morgan fingerprint density at radius 3 is 2.89 bits per heavy atom. The number of rotatable bonds is 3. The lowest BCUT2D eigenvalue weighted by Crippen LogP contribution is -2.48. The highest BCUT2D eigenvalue weighted by atomic mass is 32.2. The number of nitrogen functional groups attached to an aromatic ring is 1. The molecule has 1 unspecified atom stereocenters. The number of thiophene rings is 1. The molecule has 3 N–H and O–H groups in total. The van der Waals surface area contributed by atoms with Gasteiger partial charge in [-0.1, -0.05) is 0 Å². The summed E-state index contributed by atoms with van der Waals surface area (Å²) in [4.78, 5) is 11.0. The molecule has 106 valence electrons. The molecule has 1 aromatic heterocycles. The highest BCUT2D eigenvalue weighted by Crippen LogP contribution is 2.27. The van der Waals surface area contributed by atoms with E-state index in [1.165, 1.54) is 17.3 Å². The van der Waals surface area contributed by atoms with E-state index in [-0.39, 0.29) is 16.2 Å². The summed E-state index contributed by atoms with van der Waals surface area (Å²) in [5.74, 6) is -0.135. The summed E-state index contributed by atoms with van der Waals surface area (Å²) in [7, 11) is -3.49. The minimum atomic E-state index is -3.49. The fourth-order valence-electron chi connectivity index (χ4n) is 2.16. The van der Waals surface area contributed by atoms with Gasteiger partial charge in [0.25, 0.3) is 10.0 Å². The fraction of sp³-hybridized carbons (Fsp3) is 0.545. The van der Waals surface area contributed by atoms with Crippen molar-refractivity contribution in [3.63, 3.8) is 0 Å². The summed E-state index contributed by atoms with van der Waals surface area (Å²) in [5, 5.41) is 4.39. The molecule has 1 aromatic rings. The Bertz CT molecular complexity index is 567. The molecule has 1 amide bonds. The third-order valence-electron chi connectivity index (χ3n) is 2.98. The fourth-order valence-corrected chi connectivity index (χ4v) is 4.92. The van der Waals surface area contributed by atoms with Crippen molar-refractivity contribution in [2.24, 2.45) is 0 Å². The predicted molar refractivity (Wildman–Crippen MR) is 74.3 cm³/mol. The van der Waals surface area contributed by atoms with Gasteiger partial charge in [0.15, 0.2) is 0 Å². The van der Waals surface area contributed by atoms with Crippen molar-refractivity contribution in [1.29, 1.82) is 0 Å². The van der Waals surface area contributed by atoms with Crippen LogP contribution in [0.4, 0.5) is 5.69 Å². The van der Waals surface area contributed by atoms with E-state index in [9.17, 15) is 13.2 Å². The number of sulfonamides is 1. The molecule has 19 heavy (non-hydrogen) atoms. The van der Waals surface area contributed by atoms with Crippen LogP contribution in [0.5, 0.6) is 0 Å². The molecule has 8 heteroatoms. The number of nitrogens with zero attached hydrogens (tertiary/aromatic N) is 1. The van der Waals surface area contributed by atoms with Crippen molar-refractivity contribution in [3.05, 3.63) is 11.4 Å². The smallest absolute Gasteiger partial charge is 0.252 e. The first-order valence-corrected chi connectivity index (χ1v) is 8.33. The highest BCUT2D eigenvalue weighted by molar-refractivity contribution is 7.91. The van der Waals surface area contributed by atoms with Crippen LogP contribution in [0.1, 0.15) is 19.8 Å². The van der Waals surface area contributed by atoms with Crippen molar-refractivity contribution in [1.82, 2.24) is 9.62 Å². The van der Waals surface area contributed by atoms with E-state index in [0.717, 1.165) is 24.2 Å². The van der Waals surface area contributed by atoms with Gasteiger partial charge in [-0.2, -0.15) is 4.31 Å². The molecule has 6 nitrogen and oxygen atoms in total. The van der Waals surface area contributed by atoms with Gasteiger partial charge in [-0.15, -0.1) is 11.3 Å². The quantitative estimate of drug-likeness (QED) is 0.856. The van der Waals surface area contributed by atoms with Gasteiger partial charge in [0, 0.05) is 37.1 Å². The summed E-state index contributed by atoms with van der Waals surface area (Å²) >= 11 is 1.12. The lowest BCUT2D eigenvalue weighted by molar-refractivity contribution is -0.119. The highest BCUT2D eigenvalue weighted by Gasteiger charge is 2.31. The molecule has 1 aliphatic heterocycles. The number of amides is 1. The van der Waals surface area contributed by atoms with Gasteiger partial charge >= 0.3 is 0 Å². The van der Waals surface area contributed by atoms with Crippen molar-refractivity contribution in [2.75, 3.05) is 18.8 Å². The van der Waals surface area contributed by atoms with Gasteiger partial charge in [-0.25, -0.2) is 8.42 Å². The number of piperidine rings is 1. The SMILES string of the molecule is CC(=O)NC1CCCN(S(=O)(=O)c2cc(N)cs2)C1. The van der Waals surface area contributed by atoms with E-state index in [1.807, 2.05) is 0 Å². The van der Waals surface area contributed by atoms with Gasteiger partial charge in [-0.05, 0) is 18.9 Å². The zero-order valence-corrected chi connectivity index (χ0v) is 12.3. The first kappa shape index (κ1) is 14.3. The summed E-state index contributed by atoms with van der Waals surface area (Å²) < 4.78 is 26.5. The lowest BCUT2D eigenvalue weighted by Gasteiger charge is -2.31. The van der Waals surface area contributed by atoms with Crippen LogP contribution in [-0.2, 0) is 14.8 Å². The summed E-state index contributed by atoms with van der Waals surface area (Å²) in [5.41, 5.74) is 6.03. The first-order valence-electron chi connectivity index (χ1n) is 6.01. The van der Waals surface area contributed by atoms with Gasteiger partial charge in [0.05, 0.1) is 0 Å². The molecule has 0 saturated carbocycles. The molecular weight excluding hydrogens is 286 g/mol. The van der Waals surface area contributed by atoms with Gasteiger partial charge in [0.2, 0.25) is 5.91 Å².